The van der Waals surface area contributed by atoms with Crippen molar-refractivity contribution in [2.24, 2.45) is 0 Å². The molecule has 22 heavy (non-hydrogen) atoms. The highest BCUT2D eigenvalue weighted by Gasteiger charge is 2.20. The van der Waals surface area contributed by atoms with Crippen molar-refractivity contribution in [2.75, 3.05) is 13.2 Å². The van der Waals surface area contributed by atoms with Crippen LogP contribution in [0.15, 0.2) is 18.2 Å². The van der Waals surface area contributed by atoms with Gasteiger partial charge >= 0.3 is 5.97 Å². The lowest BCUT2D eigenvalue weighted by molar-refractivity contribution is 0.0697. The number of aryl methyl sites for hydroxylation is 1. The lowest BCUT2D eigenvalue weighted by Crippen LogP contribution is -2.17. The Bertz CT molecular complexity index is 674. The number of carboxylic acid groups (broad SMARTS) is 1. The summed E-state index contributed by atoms with van der Waals surface area (Å²) in [7, 11) is 0. The number of hydrogen-bond acceptors (Lipinski definition) is 4. The van der Waals surface area contributed by atoms with E-state index < -0.39 is 5.97 Å². The summed E-state index contributed by atoms with van der Waals surface area (Å²) in [5.74, 6) is -0.0745. The molecule has 6 nitrogen and oxygen atoms in total. The first-order valence-electron chi connectivity index (χ1n) is 7.64. The van der Waals surface area contributed by atoms with E-state index in [2.05, 4.69) is 9.55 Å². The van der Waals surface area contributed by atoms with Crippen molar-refractivity contribution >= 4 is 17.0 Å². The van der Waals surface area contributed by atoms with Crippen molar-refractivity contribution in [1.82, 2.24) is 9.55 Å². The zero-order valence-electron chi connectivity index (χ0n) is 12.4. The lowest BCUT2D eigenvalue weighted by Gasteiger charge is -2.14. The van der Waals surface area contributed by atoms with E-state index in [1.165, 1.54) is 0 Å². The molecule has 1 aromatic carbocycles. The van der Waals surface area contributed by atoms with E-state index in [4.69, 9.17) is 14.9 Å². The van der Waals surface area contributed by atoms with Crippen molar-refractivity contribution in [3.8, 4) is 0 Å². The van der Waals surface area contributed by atoms with Crippen LogP contribution in [0.2, 0.25) is 0 Å². The number of aromatic carboxylic acids is 1. The van der Waals surface area contributed by atoms with Crippen LogP contribution < -0.4 is 0 Å². The van der Waals surface area contributed by atoms with Gasteiger partial charge in [0.25, 0.3) is 0 Å². The number of aliphatic hydroxyl groups is 1. The normalized spacial score (nSPS) is 18.1. The van der Waals surface area contributed by atoms with Crippen molar-refractivity contribution in [1.29, 1.82) is 0 Å². The molecule has 0 aliphatic carbocycles. The molecule has 0 radical (unpaired) electrons. The van der Waals surface area contributed by atoms with E-state index in [1.807, 2.05) is 6.07 Å². The molecule has 118 valence electrons. The van der Waals surface area contributed by atoms with Gasteiger partial charge in [-0.15, -0.1) is 0 Å². The maximum Gasteiger partial charge on any atom is 0.335 e. The molecule has 2 N–H and O–H groups in total. The Morgan fingerprint density at radius 2 is 2.32 bits per heavy atom. The third-order valence-corrected chi connectivity index (χ3v) is 4.04. The average molecular weight is 304 g/mol. The van der Waals surface area contributed by atoms with Crippen LogP contribution in [0.1, 0.15) is 35.4 Å². The number of imidazole rings is 1. The molecular weight excluding hydrogens is 284 g/mol. The number of fused-ring (bicyclic) bond motifs is 1. The highest BCUT2D eigenvalue weighted by atomic mass is 16.5. The molecule has 2 heterocycles. The summed E-state index contributed by atoms with van der Waals surface area (Å²) in [5, 5.41) is 18.2. The number of aromatic nitrogens is 2. The van der Waals surface area contributed by atoms with E-state index in [9.17, 15) is 4.79 Å². The molecule has 0 bridgehead atoms. The maximum absolute atomic E-state index is 11.1. The first-order chi connectivity index (χ1) is 10.7. The first kappa shape index (κ1) is 15.0. The van der Waals surface area contributed by atoms with Crippen molar-refractivity contribution in [3.05, 3.63) is 29.6 Å². The van der Waals surface area contributed by atoms with Crippen molar-refractivity contribution in [3.63, 3.8) is 0 Å². The Balaban J connectivity index is 1.98. The van der Waals surface area contributed by atoms with Crippen LogP contribution in [0.25, 0.3) is 11.0 Å². The number of benzene rings is 1. The van der Waals surface area contributed by atoms with E-state index in [-0.39, 0.29) is 18.3 Å². The summed E-state index contributed by atoms with van der Waals surface area (Å²) in [6, 6.07) is 5.02. The Morgan fingerprint density at radius 3 is 3.00 bits per heavy atom. The molecule has 3 rings (SSSR count). The Hall–Kier alpha value is -1.92. The summed E-state index contributed by atoms with van der Waals surface area (Å²) in [6.07, 6.45) is 3.60. The smallest absolute Gasteiger partial charge is 0.335 e. The van der Waals surface area contributed by atoms with Crippen LogP contribution in [0.3, 0.4) is 0 Å². The van der Waals surface area contributed by atoms with Gasteiger partial charge in [-0.2, -0.15) is 0 Å². The second-order valence-corrected chi connectivity index (χ2v) is 5.61. The molecule has 0 saturated carbocycles. The quantitative estimate of drug-likeness (QED) is 0.850. The zero-order valence-corrected chi connectivity index (χ0v) is 12.4. The highest BCUT2D eigenvalue weighted by molar-refractivity contribution is 5.92. The van der Waals surface area contributed by atoms with Gasteiger partial charge in [0.2, 0.25) is 0 Å². The predicted octanol–water partition coefficient (Wildman–Crippen LogP) is 1.84. The van der Waals surface area contributed by atoms with Crippen molar-refractivity contribution < 1.29 is 19.7 Å². The Labute approximate surface area is 128 Å². The van der Waals surface area contributed by atoms with Crippen LogP contribution in [-0.2, 0) is 17.7 Å². The largest absolute Gasteiger partial charge is 0.478 e. The van der Waals surface area contributed by atoms with Gasteiger partial charge in [-0.25, -0.2) is 9.78 Å². The maximum atomic E-state index is 11.1. The van der Waals surface area contributed by atoms with Gasteiger partial charge in [-0.1, -0.05) is 0 Å². The molecule has 1 aliphatic heterocycles. The van der Waals surface area contributed by atoms with Crippen LogP contribution >= 0.6 is 0 Å². The zero-order chi connectivity index (χ0) is 15.5. The Morgan fingerprint density at radius 1 is 1.45 bits per heavy atom. The molecule has 2 aromatic rings. The minimum absolute atomic E-state index is 0.115. The summed E-state index contributed by atoms with van der Waals surface area (Å²) in [5.41, 5.74) is 1.85. The molecule has 0 amide bonds. The first-order valence-corrected chi connectivity index (χ1v) is 7.64. The third-order valence-electron chi connectivity index (χ3n) is 4.04. The fourth-order valence-electron chi connectivity index (χ4n) is 2.94. The molecule has 1 aromatic heterocycles. The van der Waals surface area contributed by atoms with Gasteiger partial charge in [0.15, 0.2) is 0 Å². The number of carboxylic acids is 1. The monoisotopic (exact) mass is 304 g/mol. The number of aliphatic hydroxyl groups excluding tert-OH is 1. The van der Waals surface area contributed by atoms with Crippen LogP contribution in [0.4, 0.5) is 0 Å². The van der Waals surface area contributed by atoms with E-state index in [0.717, 1.165) is 37.3 Å². The molecule has 1 aliphatic rings. The summed E-state index contributed by atoms with van der Waals surface area (Å²) < 4.78 is 7.81. The fourth-order valence-corrected chi connectivity index (χ4v) is 2.94. The average Bonchev–Trinajstić information content (AvgIpc) is 3.13. The van der Waals surface area contributed by atoms with Gasteiger partial charge < -0.3 is 19.5 Å². The summed E-state index contributed by atoms with van der Waals surface area (Å²) in [6.45, 7) is 1.64. The van der Waals surface area contributed by atoms with Crippen LogP contribution in [0.5, 0.6) is 0 Å². The highest BCUT2D eigenvalue weighted by Crippen LogP contribution is 2.22. The van der Waals surface area contributed by atoms with E-state index >= 15 is 0 Å². The number of carbonyl (C=O) groups is 1. The Kier molecular flexibility index (Phi) is 4.40. The van der Waals surface area contributed by atoms with Crippen LogP contribution in [0, 0.1) is 0 Å². The lowest BCUT2D eigenvalue weighted by atomic mass is 10.2. The van der Waals surface area contributed by atoms with Crippen LogP contribution in [-0.4, -0.2) is 45.1 Å². The molecular formula is C16H20N2O4. The topological polar surface area (TPSA) is 84.6 Å². The second-order valence-electron chi connectivity index (χ2n) is 5.61. The van der Waals surface area contributed by atoms with E-state index in [0.29, 0.717) is 18.4 Å². The minimum Gasteiger partial charge on any atom is -0.478 e. The molecule has 1 fully saturated rings. The number of rotatable bonds is 6. The van der Waals surface area contributed by atoms with Gasteiger partial charge in [0.05, 0.1) is 29.2 Å². The van der Waals surface area contributed by atoms with Gasteiger partial charge in [-0.3, -0.25) is 0 Å². The number of hydrogen-bond donors (Lipinski definition) is 2. The molecule has 1 atom stereocenters. The number of nitrogens with zero attached hydrogens (tertiary/aromatic N) is 2. The van der Waals surface area contributed by atoms with Crippen molar-refractivity contribution in [2.45, 2.75) is 38.3 Å². The standard InChI is InChI=1S/C16H20N2O4/c19-7-1-4-15-17-13-9-11(16(20)21)5-6-14(13)18(15)10-12-3-2-8-22-12/h5-6,9,12,19H,1-4,7-8,10H2,(H,20,21). The third kappa shape index (κ3) is 2.98. The minimum atomic E-state index is -0.951. The summed E-state index contributed by atoms with van der Waals surface area (Å²) in [4.78, 5) is 15.7. The second kappa shape index (κ2) is 6.46. The molecule has 1 saturated heterocycles. The van der Waals surface area contributed by atoms with E-state index in [1.54, 1.807) is 12.1 Å². The molecule has 6 heteroatoms. The van der Waals surface area contributed by atoms with Gasteiger partial charge in [0.1, 0.15) is 5.82 Å². The van der Waals surface area contributed by atoms with Gasteiger partial charge in [-0.05, 0) is 37.5 Å². The molecule has 0 spiro atoms. The number of ether oxygens (including phenoxy) is 1. The molecule has 1 unspecified atom stereocenters. The van der Waals surface area contributed by atoms with Gasteiger partial charge in [0, 0.05) is 19.6 Å². The fraction of sp³-hybridized carbons (Fsp3) is 0.500. The predicted molar refractivity (Wildman–Crippen MR) is 81.1 cm³/mol. The summed E-state index contributed by atoms with van der Waals surface area (Å²) >= 11 is 0. The SMILES string of the molecule is O=C(O)c1ccc2c(c1)nc(CCCO)n2CC1CCCO1.